The van der Waals surface area contributed by atoms with Crippen LogP contribution in [-0.4, -0.2) is 12.6 Å². The van der Waals surface area contributed by atoms with Gasteiger partial charge in [-0.1, -0.05) is 91.9 Å². The Bertz CT molecular complexity index is 165. The third-order valence-electron chi connectivity index (χ3n) is 4.12. The summed E-state index contributed by atoms with van der Waals surface area (Å²) in [7, 11) is 0. The Morgan fingerprint density at radius 1 is 0.684 bits per heavy atom. The number of hydrogen-bond acceptors (Lipinski definition) is 1. The third-order valence-corrected chi connectivity index (χ3v) is 4.12. The van der Waals surface area contributed by atoms with Crippen molar-refractivity contribution in [3.05, 3.63) is 0 Å². The van der Waals surface area contributed by atoms with E-state index in [-0.39, 0.29) is 0 Å². The average Bonchev–Trinajstić information content (AvgIpc) is 2.39. The van der Waals surface area contributed by atoms with E-state index in [1.807, 2.05) is 0 Å². The highest BCUT2D eigenvalue weighted by atomic mass is 14.9. The second-order valence-electron chi connectivity index (χ2n) is 6.59. The lowest BCUT2D eigenvalue weighted by Crippen LogP contribution is -2.23. The van der Waals surface area contributed by atoms with Crippen molar-refractivity contribution in [3.8, 4) is 0 Å². The molecule has 0 spiro atoms. The van der Waals surface area contributed by atoms with Crippen LogP contribution in [0.5, 0.6) is 0 Å². The Morgan fingerprint density at radius 2 is 1.16 bits per heavy atom. The molecule has 0 radical (unpaired) electrons. The van der Waals surface area contributed by atoms with Crippen LogP contribution in [0, 0.1) is 5.92 Å². The van der Waals surface area contributed by atoms with Gasteiger partial charge in [0.25, 0.3) is 0 Å². The van der Waals surface area contributed by atoms with E-state index in [0.717, 1.165) is 5.92 Å². The van der Waals surface area contributed by atoms with Gasteiger partial charge in [-0.2, -0.15) is 0 Å². The molecule has 0 aliphatic heterocycles. The van der Waals surface area contributed by atoms with Gasteiger partial charge in [-0.25, -0.2) is 0 Å². The minimum atomic E-state index is 0.649. The summed E-state index contributed by atoms with van der Waals surface area (Å²) in [5, 5.41) is 3.48. The van der Waals surface area contributed by atoms with Crippen LogP contribution in [0.1, 0.15) is 98.3 Å². The van der Waals surface area contributed by atoms with Crippen LogP contribution in [0.25, 0.3) is 0 Å². The molecule has 0 saturated carbocycles. The zero-order valence-electron chi connectivity index (χ0n) is 14.1. The van der Waals surface area contributed by atoms with Crippen LogP contribution in [0.2, 0.25) is 0 Å². The molecule has 0 aromatic carbocycles. The predicted octanol–water partition coefficient (Wildman–Crippen LogP) is 5.93. The maximum Gasteiger partial charge on any atom is 0.00103 e. The topological polar surface area (TPSA) is 12.0 Å². The number of unbranched alkanes of at least 4 members (excludes halogenated alkanes) is 8. The van der Waals surface area contributed by atoms with Crippen LogP contribution in [0.15, 0.2) is 0 Å². The largest absolute Gasteiger partial charge is 0.315 e. The fraction of sp³-hybridized carbons (Fsp3) is 1.00. The zero-order valence-corrected chi connectivity index (χ0v) is 14.1. The molecule has 19 heavy (non-hydrogen) atoms. The van der Waals surface area contributed by atoms with Gasteiger partial charge in [0.2, 0.25) is 0 Å². The molecule has 0 fully saturated rings. The van der Waals surface area contributed by atoms with Crippen molar-refractivity contribution in [1.82, 2.24) is 5.32 Å². The van der Waals surface area contributed by atoms with Crippen molar-refractivity contribution in [1.29, 1.82) is 0 Å². The minimum Gasteiger partial charge on any atom is -0.315 e. The Kier molecular flexibility index (Phi) is 14.3. The Morgan fingerprint density at radius 3 is 1.63 bits per heavy atom. The molecule has 0 aliphatic carbocycles. The standard InChI is InChI=1S/C18H39N/c1-5-18(4)15-13-11-9-7-6-8-10-12-14-16-19-17(2)3/h17-19H,5-16H2,1-4H3. The molecule has 0 aliphatic rings. The predicted molar refractivity (Wildman–Crippen MR) is 88.8 cm³/mol. The average molecular weight is 270 g/mol. The fourth-order valence-electron chi connectivity index (χ4n) is 2.45. The lowest BCUT2D eigenvalue weighted by atomic mass is 9.99. The summed E-state index contributed by atoms with van der Waals surface area (Å²) < 4.78 is 0. The molecule has 116 valence electrons. The normalized spacial score (nSPS) is 13.1. The summed E-state index contributed by atoms with van der Waals surface area (Å²) in [4.78, 5) is 0. The summed E-state index contributed by atoms with van der Waals surface area (Å²) in [5.74, 6) is 0.944. The smallest absolute Gasteiger partial charge is 0.00103 e. The van der Waals surface area contributed by atoms with E-state index >= 15 is 0 Å². The van der Waals surface area contributed by atoms with Gasteiger partial charge in [0.15, 0.2) is 0 Å². The van der Waals surface area contributed by atoms with E-state index in [1.54, 1.807) is 0 Å². The van der Waals surface area contributed by atoms with Gasteiger partial charge in [-0.15, -0.1) is 0 Å². The highest BCUT2D eigenvalue weighted by Gasteiger charge is 1.98. The summed E-state index contributed by atoms with van der Waals surface area (Å²) in [6.07, 6.45) is 15.8. The van der Waals surface area contributed by atoms with Gasteiger partial charge in [0, 0.05) is 6.04 Å². The van der Waals surface area contributed by atoms with Crippen molar-refractivity contribution in [2.75, 3.05) is 6.54 Å². The number of nitrogens with one attached hydrogen (secondary N) is 1. The minimum absolute atomic E-state index is 0.649. The Hall–Kier alpha value is -0.0400. The van der Waals surface area contributed by atoms with E-state index in [9.17, 15) is 0 Å². The molecule has 1 atom stereocenters. The van der Waals surface area contributed by atoms with Crippen LogP contribution >= 0.6 is 0 Å². The lowest BCUT2D eigenvalue weighted by molar-refractivity contribution is 0.468. The molecular weight excluding hydrogens is 230 g/mol. The lowest BCUT2D eigenvalue weighted by Gasteiger charge is -2.08. The van der Waals surface area contributed by atoms with Crippen LogP contribution in [0.4, 0.5) is 0 Å². The molecule has 1 N–H and O–H groups in total. The van der Waals surface area contributed by atoms with Gasteiger partial charge < -0.3 is 5.32 Å². The Labute approximate surface area is 122 Å². The molecule has 1 unspecified atom stereocenters. The van der Waals surface area contributed by atoms with E-state index < -0.39 is 0 Å². The zero-order chi connectivity index (χ0) is 14.3. The third kappa shape index (κ3) is 15.9. The first-order chi connectivity index (χ1) is 9.16. The molecule has 0 amide bonds. The SMILES string of the molecule is CCC(C)CCCCCCCCCCCNC(C)C. The van der Waals surface area contributed by atoms with Gasteiger partial charge in [0.1, 0.15) is 0 Å². The monoisotopic (exact) mass is 269 g/mol. The van der Waals surface area contributed by atoms with Crippen molar-refractivity contribution < 1.29 is 0 Å². The van der Waals surface area contributed by atoms with Gasteiger partial charge in [-0.05, 0) is 18.9 Å². The van der Waals surface area contributed by atoms with Crippen molar-refractivity contribution in [3.63, 3.8) is 0 Å². The molecule has 0 bridgehead atoms. The fourth-order valence-corrected chi connectivity index (χ4v) is 2.45. The van der Waals surface area contributed by atoms with Crippen LogP contribution in [-0.2, 0) is 0 Å². The van der Waals surface area contributed by atoms with E-state index in [2.05, 4.69) is 33.0 Å². The molecule has 0 aromatic rings. The van der Waals surface area contributed by atoms with Gasteiger partial charge in [-0.3, -0.25) is 0 Å². The molecule has 0 saturated heterocycles. The molecule has 1 nitrogen and oxygen atoms in total. The summed E-state index contributed by atoms with van der Waals surface area (Å²) >= 11 is 0. The first kappa shape index (κ1) is 19.0. The van der Waals surface area contributed by atoms with E-state index in [4.69, 9.17) is 0 Å². The highest BCUT2D eigenvalue weighted by Crippen LogP contribution is 2.14. The second kappa shape index (κ2) is 14.4. The first-order valence-corrected chi connectivity index (χ1v) is 8.90. The van der Waals surface area contributed by atoms with E-state index in [0.29, 0.717) is 6.04 Å². The second-order valence-corrected chi connectivity index (χ2v) is 6.59. The van der Waals surface area contributed by atoms with Crippen LogP contribution in [0.3, 0.4) is 0 Å². The summed E-state index contributed by atoms with van der Waals surface area (Å²) in [6, 6.07) is 0.649. The molecule has 0 heterocycles. The van der Waals surface area contributed by atoms with Gasteiger partial charge >= 0.3 is 0 Å². The summed E-state index contributed by atoms with van der Waals surface area (Å²) in [6.45, 7) is 10.3. The summed E-state index contributed by atoms with van der Waals surface area (Å²) in [5.41, 5.74) is 0. The van der Waals surface area contributed by atoms with Crippen molar-refractivity contribution >= 4 is 0 Å². The molecule has 0 rings (SSSR count). The first-order valence-electron chi connectivity index (χ1n) is 8.90. The molecule has 1 heteroatoms. The van der Waals surface area contributed by atoms with Crippen molar-refractivity contribution in [2.24, 2.45) is 5.92 Å². The quantitative estimate of drug-likeness (QED) is 0.385. The molecular formula is C18H39N. The maximum atomic E-state index is 3.48. The number of rotatable bonds is 14. The van der Waals surface area contributed by atoms with Crippen molar-refractivity contribution in [2.45, 2.75) is 104 Å². The van der Waals surface area contributed by atoms with Crippen LogP contribution < -0.4 is 5.32 Å². The Balaban J connectivity index is 2.99. The van der Waals surface area contributed by atoms with E-state index in [1.165, 1.54) is 77.2 Å². The van der Waals surface area contributed by atoms with Gasteiger partial charge in [0.05, 0.1) is 0 Å². The molecule has 0 aromatic heterocycles. The number of hydrogen-bond donors (Lipinski definition) is 1. The highest BCUT2D eigenvalue weighted by molar-refractivity contribution is 4.54. The maximum absolute atomic E-state index is 3.48.